The molecular formula is C20H29N5O2. The predicted octanol–water partition coefficient (Wildman–Crippen LogP) is 2.54. The molecule has 2 amide bonds. The highest BCUT2D eigenvalue weighted by Crippen LogP contribution is 2.13. The molecule has 0 spiro atoms. The average Bonchev–Trinajstić information content (AvgIpc) is 3.06. The van der Waals surface area contributed by atoms with Gasteiger partial charge >= 0.3 is 0 Å². The molecule has 2 aromatic rings. The van der Waals surface area contributed by atoms with Gasteiger partial charge < -0.3 is 15.5 Å². The van der Waals surface area contributed by atoms with Crippen molar-refractivity contribution in [1.29, 1.82) is 0 Å². The van der Waals surface area contributed by atoms with Crippen LogP contribution in [0.4, 0.5) is 5.69 Å². The SMILES string of the molecule is CCN(CC)CCNC(=O)c1cccc(NC(=O)c2cc(C)nn2CC)c1. The lowest BCUT2D eigenvalue weighted by molar-refractivity contribution is 0.0947. The van der Waals surface area contributed by atoms with Crippen molar-refractivity contribution in [3.05, 3.63) is 47.3 Å². The van der Waals surface area contributed by atoms with E-state index in [4.69, 9.17) is 0 Å². The number of rotatable bonds is 9. The van der Waals surface area contributed by atoms with Crippen LogP contribution in [0.1, 0.15) is 47.3 Å². The molecule has 0 atom stereocenters. The second-order valence-electron chi connectivity index (χ2n) is 6.30. The smallest absolute Gasteiger partial charge is 0.273 e. The van der Waals surface area contributed by atoms with E-state index in [1.807, 2.05) is 13.8 Å². The third kappa shape index (κ3) is 5.65. The molecule has 1 heterocycles. The Bertz CT molecular complexity index is 780. The molecule has 1 aromatic carbocycles. The van der Waals surface area contributed by atoms with E-state index in [-0.39, 0.29) is 11.8 Å². The van der Waals surface area contributed by atoms with Crippen molar-refractivity contribution in [2.75, 3.05) is 31.5 Å². The number of carbonyl (C=O) groups excluding carboxylic acids is 2. The van der Waals surface area contributed by atoms with Gasteiger partial charge in [-0.1, -0.05) is 19.9 Å². The van der Waals surface area contributed by atoms with Crippen LogP contribution < -0.4 is 10.6 Å². The van der Waals surface area contributed by atoms with Crippen molar-refractivity contribution in [3.63, 3.8) is 0 Å². The number of carbonyl (C=O) groups is 2. The zero-order chi connectivity index (χ0) is 19.8. The molecule has 0 aliphatic rings. The van der Waals surface area contributed by atoms with Crippen LogP contribution in [0.15, 0.2) is 30.3 Å². The van der Waals surface area contributed by atoms with Gasteiger partial charge in [-0.2, -0.15) is 5.10 Å². The standard InChI is InChI=1S/C20H29N5O2/c1-5-24(6-2)12-11-21-19(26)16-9-8-10-17(14-16)22-20(27)18-13-15(4)23-25(18)7-3/h8-10,13-14H,5-7,11-12H2,1-4H3,(H,21,26)(H,22,27). The molecule has 2 N–H and O–H groups in total. The Balaban J connectivity index is 2.00. The Morgan fingerprint density at radius 2 is 1.85 bits per heavy atom. The first-order chi connectivity index (χ1) is 13.0. The fourth-order valence-corrected chi connectivity index (χ4v) is 2.87. The molecule has 0 saturated carbocycles. The summed E-state index contributed by atoms with van der Waals surface area (Å²) in [6, 6.07) is 8.71. The fourth-order valence-electron chi connectivity index (χ4n) is 2.87. The number of nitrogens with one attached hydrogen (secondary N) is 2. The van der Waals surface area contributed by atoms with Gasteiger partial charge in [-0.15, -0.1) is 0 Å². The van der Waals surface area contributed by atoms with E-state index >= 15 is 0 Å². The zero-order valence-corrected chi connectivity index (χ0v) is 16.6. The summed E-state index contributed by atoms with van der Waals surface area (Å²) in [5.74, 6) is -0.385. The highest BCUT2D eigenvalue weighted by Gasteiger charge is 2.14. The zero-order valence-electron chi connectivity index (χ0n) is 16.6. The lowest BCUT2D eigenvalue weighted by atomic mass is 10.2. The van der Waals surface area contributed by atoms with Crippen molar-refractivity contribution in [2.24, 2.45) is 0 Å². The lowest BCUT2D eigenvalue weighted by Gasteiger charge is -2.18. The third-order valence-corrected chi connectivity index (χ3v) is 4.42. The number of hydrogen-bond acceptors (Lipinski definition) is 4. The van der Waals surface area contributed by atoms with E-state index in [0.717, 1.165) is 25.3 Å². The Hall–Kier alpha value is -2.67. The average molecular weight is 371 g/mol. The summed E-state index contributed by atoms with van der Waals surface area (Å²) in [5, 5.41) is 10.1. The largest absolute Gasteiger partial charge is 0.351 e. The van der Waals surface area contributed by atoms with Gasteiger partial charge in [-0.3, -0.25) is 14.3 Å². The molecule has 0 fully saturated rings. The Kier molecular flexibility index (Phi) is 7.55. The number of hydrogen-bond donors (Lipinski definition) is 2. The van der Waals surface area contributed by atoms with Crippen LogP contribution in [-0.4, -0.2) is 52.7 Å². The van der Waals surface area contributed by atoms with Gasteiger partial charge in [0.1, 0.15) is 5.69 Å². The number of aromatic nitrogens is 2. The van der Waals surface area contributed by atoms with Gasteiger partial charge in [0.2, 0.25) is 0 Å². The van der Waals surface area contributed by atoms with Crippen LogP contribution >= 0.6 is 0 Å². The Morgan fingerprint density at radius 3 is 2.52 bits per heavy atom. The summed E-state index contributed by atoms with van der Waals surface area (Å²) in [7, 11) is 0. The lowest BCUT2D eigenvalue weighted by Crippen LogP contribution is -2.34. The van der Waals surface area contributed by atoms with Crippen molar-refractivity contribution in [2.45, 2.75) is 34.2 Å². The maximum atomic E-state index is 12.5. The van der Waals surface area contributed by atoms with E-state index in [1.165, 1.54) is 0 Å². The highest BCUT2D eigenvalue weighted by atomic mass is 16.2. The minimum Gasteiger partial charge on any atom is -0.351 e. The first-order valence-electron chi connectivity index (χ1n) is 9.44. The van der Waals surface area contributed by atoms with E-state index in [2.05, 4.69) is 34.5 Å². The van der Waals surface area contributed by atoms with Crippen molar-refractivity contribution < 1.29 is 9.59 Å². The number of amides is 2. The molecule has 7 heteroatoms. The van der Waals surface area contributed by atoms with Gasteiger partial charge in [0.15, 0.2) is 0 Å². The summed E-state index contributed by atoms with van der Waals surface area (Å²) in [6.45, 7) is 11.9. The summed E-state index contributed by atoms with van der Waals surface area (Å²) in [5.41, 5.74) is 2.40. The summed E-state index contributed by atoms with van der Waals surface area (Å²) < 4.78 is 1.66. The molecule has 0 aliphatic carbocycles. The highest BCUT2D eigenvalue weighted by molar-refractivity contribution is 6.04. The monoisotopic (exact) mass is 371 g/mol. The molecule has 146 valence electrons. The van der Waals surface area contributed by atoms with Crippen molar-refractivity contribution in [3.8, 4) is 0 Å². The molecule has 1 aromatic heterocycles. The molecule has 7 nitrogen and oxygen atoms in total. The molecule has 0 radical (unpaired) electrons. The first-order valence-corrected chi connectivity index (χ1v) is 9.44. The number of nitrogens with zero attached hydrogens (tertiary/aromatic N) is 3. The molecular weight excluding hydrogens is 342 g/mol. The van der Waals surface area contributed by atoms with E-state index in [0.29, 0.717) is 30.0 Å². The number of anilines is 1. The quantitative estimate of drug-likeness (QED) is 0.710. The minimum absolute atomic E-state index is 0.146. The fraction of sp³-hybridized carbons (Fsp3) is 0.450. The van der Waals surface area contributed by atoms with Crippen LogP contribution in [0.25, 0.3) is 0 Å². The van der Waals surface area contributed by atoms with Gasteiger partial charge in [-0.25, -0.2) is 0 Å². The van der Waals surface area contributed by atoms with Gasteiger partial charge in [0, 0.05) is 30.9 Å². The molecule has 0 unspecified atom stereocenters. The normalized spacial score (nSPS) is 10.9. The number of benzene rings is 1. The second kappa shape index (κ2) is 9.87. The maximum absolute atomic E-state index is 12.5. The molecule has 0 aliphatic heterocycles. The van der Waals surface area contributed by atoms with E-state index in [9.17, 15) is 9.59 Å². The van der Waals surface area contributed by atoms with Crippen LogP contribution in [0.2, 0.25) is 0 Å². The molecule has 0 bridgehead atoms. The van der Waals surface area contributed by atoms with Gasteiger partial charge in [-0.05, 0) is 51.2 Å². The van der Waals surface area contributed by atoms with Gasteiger partial charge in [0.05, 0.1) is 5.69 Å². The number of aryl methyl sites for hydroxylation is 2. The van der Waals surface area contributed by atoms with Crippen LogP contribution in [0.3, 0.4) is 0 Å². The van der Waals surface area contributed by atoms with Crippen LogP contribution in [0, 0.1) is 6.92 Å². The summed E-state index contributed by atoms with van der Waals surface area (Å²) >= 11 is 0. The van der Waals surface area contributed by atoms with Crippen molar-refractivity contribution in [1.82, 2.24) is 20.0 Å². The van der Waals surface area contributed by atoms with Crippen LogP contribution in [-0.2, 0) is 6.54 Å². The first kappa shape index (κ1) is 20.6. The molecule has 2 rings (SSSR count). The maximum Gasteiger partial charge on any atom is 0.273 e. The topological polar surface area (TPSA) is 79.3 Å². The number of likely N-dealkylation sites (N-methyl/N-ethyl adjacent to an activating group) is 1. The summed E-state index contributed by atoms with van der Waals surface area (Å²) in [4.78, 5) is 27.1. The predicted molar refractivity (Wildman–Crippen MR) is 107 cm³/mol. The summed E-state index contributed by atoms with van der Waals surface area (Å²) in [6.07, 6.45) is 0. The van der Waals surface area contributed by atoms with E-state index < -0.39 is 0 Å². The molecule has 27 heavy (non-hydrogen) atoms. The van der Waals surface area contributed by atoms with Crippen molar-refractivity contribution >= 4 is 17.5 Å². The van der Waals surface area contributed by atoms with E-state index in [1.54, 1.807) is 35.0 Å². The van der Waals surface area contributed by atoms with Gasteiger partial charge in [0.25, 0.3) is 11.8 Å². The minimum atomic E-state index is -0.239. The third-order valence-electron chi connectivity index (χ3n) is 4.42. The Morgan fingerprint density at radius 1 is 1.11 bits per heavy atom. The Labute approximate surface area is 160 Å². The molecule has 0 saturated heterocycles. The van der Waals surface area contributed by atoms with Crippen LogP contribution in [0.5, 0.6) is 0 Å². The second-order valence-corrected chi connectivity index (χ2v) is 6.30.